The van der Waals surface area contributed by atoms with Crippen LogP contribution in [-0.4, -0.2) is 23.9 Å². The topological polar surface area (TPSA) is 81.7 Å². The maximum atomic E-state index is 12.3. The van der Waals surface area contributed by atoms with Crippen molar-refractivity contribution in [3.05, 3.63) is 71.8 Å². The fourth-order valence-corrected chi connectivity index (χ4v) is 2.28. The van der Waals surface area contributed by atoms with Gasteiger partial charge in [0.2, 0.25) is 5.91 Å². The Morgan fingerprint density at radius 3 is 1.89 bits per heavy atom. The minimum Gasteiger partial charge on any atom is -0.461 e. The Labute approximate surface area is 158 Å². The third kappa shape index (κ3) is 7.32. The molecule has 6 heteroatoms. The summed E-state index contributed by atoms with van der Waals surface area (Å²) in [6.45, 7) is 1.83. The average Bonchev–Trinajstić information content (AvgIpc) is 2.71. The second-order valence-electron chi connectivity index (χ2n) is 5.92. The van der Waals surface area contributed by atoms with Crippen molar-refractivity contribution in [1.82, 2.24) is 5.32 Å². The van der Waals surface area contributed by atoms with Crippen LogP contribution < -0.4 is 5.32 Å². The molecule has 142 valence electrons. The van der Waals surface area contributed by atoms with Crippen LogP contribution in [0.3, 0.4) is 0 Å². The molecule has 0 heterocycles. The highest BCUT2D eigenvalue weighted by Gasteiger charge is 2.25. The number of esters is 2. The lowest BCUT2D eigenvalue weighted by atomic mass is 10.2. The molecule has 6 nitrogen and oxygen atoms in total. The molecule has 0 aliphatic carbocycles. The van der Waals surface area contributed by atoms with Crippen LogP contribution >= 0.6 is 0 Å². The van der Waals surface area contributed by atoms with Gasteiger partial charge in [0, 0.05) is 6.42 Å². The highest BCUT2D eigenvalue weighted by atomic mass is 16.5. The quantitative estimate of drug-likeness (QED) is 0.688. The molecule has 0 saturated heterocycles. The molecule has 0 radical (unpaired) electrons. The van der Waals surface area contributed by atoms with Crippen LogP contribution in [0.5, 0.6) is 0 Å². The SMILES string of the molecule is CCC(=O)N[C@@H](CC(=O)OCc1ccccc1)C(=O)OCc1ccccc1. The van der Waals surface area contributed by atoms with E-state index >= 15 is 0 Å². The van der Waals surface area contributed by atoms with Gasteiger partial charge in [0.1, 0.15) is 19.3 Å². The van der Waals surface area contributed by atoms with Gasteiger partial charge in [-0.2, -0.15) is 0 Å². The third-order valence-corrected chi connectivity index (χ3v) is 3.78. The van der Waals surface area contributed by atoms with Gasteiger partial charge in [-0.1, -0.05) is 67.6 Å². The lowest BCUT2D eigenvalue weighted by Gasteiger charge is -2.17. The first-order chi connectivity index (χ1) is 13.1. The molecule has 0 saturated carbocycles. The Morgan fingerprint density at radius 2 is 1.37 bits per heavy atom. The Hall–Kier alpha value is -3.15. The third-order valence-electron chi connectivity index (χ3n) is 3.78. The monoisotopic (exact) mass is 369 g/mol. The number of carbonyl (C=O) groups is 3. The number of ether oxygens (including phenoxy) is 2. The summed E-state index contributed by atoms with van der Waals surface area (Å²) in [4.78, 5) is 36.1. The first-order valence-corrected chi connectivity index (χ1v) is 8.78. The van der Waals surface area contributed by atoms with Gasteiger partial charge in [0.15, 0.2) is 0 Å². The summed E-state index contributed by atoms with van der Waals surface area (Å²) in [5.41, 5.74) is 1.66. The summed E-state index contributed by atoms with van der Waals surface area (Å²) in [6.07, 6.45) is -0.0896. The van der Waals surface area contributed by atoms with Gasteiger partial charge >= 0.3 is 11.9 Å². The Bertz CT molecular complexity index is 746. The van der Waals surface area contributed by atoms with Crippen molar-refractivity contribution < 1.29 is 23.9 Å². The van der Waals surface area contributed by atoms with E-state index in [4.69, 9.17) is 9.47 Å². The number of rotatable bonds is 9. The molecule has 0 aliphatic rings. The minimum atomic E-state index is -1.08. The van der Waals surface area contributed by atoms with Crippen LogP contribution in [0.1, 0.15) is 30.9 Å². The number of nitrogens with one attached hydrogen (secondary N) is 1. The van der Waals surface area contributed by atoms with E-state index in [0.29, 0.717) is 0 Å². The molecule has 27 heavy (non-hydrogen) atoms. The van der Waals surface area contributed by atoms with E-state index in [9.17, 15) is 14.4 Å². The number of hydrogen-bond acceptors (Lipinski definition) is 5. The summed E-state index contributed by atoms with van der Waals surface area (Å²) in [5, 5.41) is 2.52. The fourth-order valence-electron chi connectivity index (χ4n) is 2.28. The highest BCUT2D eigenvalue weighted by Crippen LogP contribution is 2.07. The summed E-state index contributed by atoms with van der Waals surface area (Å²) < 4.78 is 10.4. The summed E-state index contributed by atoms with van der Waals surface area (Å²) in [7, 11) is 0. The van der Waals surface area contributed by atoms with Gasteiger partial charge in [-0.05, 0) is 11.1 Å². The van der Waals surface area contributed by atoms with Crippen molar-refractivity contribution in [3.8, 4) is 0 Å². The highest BCUT2D eigenvalue weighted by molar-refractivity contribution is 5.88. The predicted octanol–water partition coefficient (Wildman–Crippen LogP) is 2.76. The van der Waals surface area contributed by atoms with E-state index in [1.54, 1.807) is 6.92 Å². The van der Waals surface area contributed by atoms with Crippen LogP contribution in [-0.2, 0) is 37.1 Å². The molecule has 0 fully saturated rings. The Balaban J connectivity index is 1.90. The Kier molecular flexibility index (Phi) is 8.03. The molecular weight excluding hydrogens is 346 g/mol. The van der Waals surface area contributed by atoms with E-state index in [1.807, 2.05) is 60.7 Å². The molecule has 0 spiro atoms. The zero-order chi connectivity index (χ0) is 19.5. The lowest BCUT2D eigenvalue weighted by molar-refractivity contribution is -0.155. The first-order valence-electron chi connectivity index (χ1n) is 8.78. The molecule has 1 amide bonds. The van der Waals surface area contributed by atoms with Crippen LogP contribution in [0.15, 0.2) is 60.7 Å². The molecule has 1 N–H and O–H groups in total. The molecular formula is C21H23NO5. The molecule has 0 aliphatic heterocycles. The number of amides is 1. The van der Waals surface area contributed by atoms with Gasteiger partial charge in [-0.3, -0.25) is 9.59 Å². The second-order valence-corrected chi connectivity index (χ2v) is 5.92. The van der Waals surface area contributed by atoms with Gasteiger partial charge in [0.25, 0.3) is 0 Å². The number of benzene rings is 2. The predicted molar refractivity (Wildman–Crippen MR) is 99.3 cm³/mol. The summed E-state index contributed by atoms with van der Waals surface area (Å²) in [6, 6.07) is 17.3. The second kappa shape index (κ2) is 10.8. The van der Waals surface area contributed by atoms with E-state index in [1.165, 1.54) is 0 Å². The molecule has 0 unspecified atom stereocenters. The number of carbonyl (C=O) groups excluding carboxylic acids is 3. The van der Waals surface area contributed by atoms with E-state index in [2.05, 4.69) is 5.32 Å². The molecule has 2 aromatic carbocycles. The largest absolute Gasteiger partial charge is 0.461 e. The molecule has 0 bridgehead atoms. The maximum Gasteiger partial charge on any atom is 0.329 e. The zero-order valence-corrected chi connectivity index (χ0v) is 15.2. The summed E-state index contributed by atoms with van der Waals surface area (Å²) >= 11 is 0. The maximum absolute atomic E-state index is 12.3. The van der Waals surface area contributed by atoms with Crippen molar-refractivity contribution in [1.29, 1.82) is 0 Å². The standard InChI is InChI=1S/C21H23NO5/c1-2-19(23)22-18(21(25)27-15-17-11-7-4-8-12-17)13-20(24)26-14-16-9-5-3-6-10-16/h3-12,18H,2,13-15H2,1H3,(H,22,23)/t18-/m0/s1. The van der Waals surface area contributed by atoms with Crippen molar-refractivity contribution >= 4 is 17.8 Å². The van der Waals surface area contributed by atoms with Crippen molar-refractivity contribution in [2.45, 2.75) is 39.0 Å². The summed E-state index contributed by atoms with van der Waals surface area (Å²) in [5.74, 6) is -1.60. The Morgan fingerprint density at radius 1 is 0.852 bits per heavy atom. The van der Waals surface area contributed by atoms with Crippen molar-refractivity contribution in [3.63, 3.8) is 0 Å². The normalized spacial score (nSPS) is 11.3. The van der Waals surface area contributed by atoms with Crippen LogP contribution in [0, 0.1) is 0 Å². The molecule has 1 atom stereocenters. The lowest BCUT2D eigenvalue weighted by Crippen LogP contribution is -2.43. The van der Waals surface area contributed by atoms with Gasteiger partial charge in [-0.25, -0.2) is 4.79 Å². The molecule has 0 aromatic heterocycles. The van der Waals surface area contributed by atoms with E-state index < -0.39 is 18.0 Å². The van der Waals surface area contributed by atoms with E-state index in [0.717, 1.165) is 11.1 Å². The molecule has 2 aromatic rings. The smallest absolute Gasteiger partial charge is 0.329 e. The van der Waals surface area contributed by atoms with Gasteiger partial charge in [-0.15, -0.1) is 0 Å². The van der Waals surface area contributed by atoms with Gasteiger partial charge in [0.05, 0.1) is 6.42 Å². The van der Waals surface area contributed by atoms with Crippen molar-refractivity contribution in [2.24, 2.45) is 0 Å². The number of hydrogen-bond donors (Lipinski definition) is 1. The fraction of sp³-hybridized carbons (Fsp3) is 0.286. The van der Waals surface area contributed by atoms with Crippen molar-refractivity contribution in [2.75, 3.05) is 0 Å². The first kappa shape index (κ1) is 20.2. The van der Waals surface area contributed by atoms with Crippen LogP contribution in [0.2, 0.25) is 0 Å². The van der Waals surface area contributed by atoms with Gasteiger partial charge < -0.3 is 14.8 Å². The average molecular weight is 369 g/mol. The molecule has 2 rings (SSSR count). The van der Waals surface area contributed by atoms with Crippen LogP contribution in [0.25, 0.3) is 0 Å². The zero-order valence-electron chi connectivity index (χ0n) is 15.2. The van der Waals surface area contributed by atoms with Crippen LogP contribution in [0.4, 0.5) is 0 Å². The van der Waals surface area contributed by atoms with E-state index in [-0.39, 0.29) is 32.0 Å². The minimum absolute atomic E-state index is 0.0667.